The van der Waals surface area contributed by atoms with Crippen molar-refractivity contribution in [2.45, 2.75) is 45.4 Å². The van der Waals surface area contributed by atoms with Crippen molar-refractivity contribution in [3.8, 4) is 0 Å². The van der Waals surface area contributed by atoms with E-state index in [1.165, 1.54) is 19.3 Å². The lowest BCUT2D eigenvalue weighted by atomic mass is 9.96. The second-order valence-corrected chi connectivity index (χ2v) is 4.51. The first kappa shape index (κ1) is 12.5. The van der Waals surface area contributed by atoms with E-state index in [0.717, 1.165) is 38.3 Å². The third-order valence-corrected chi connectivity index (χ3v) is 3.26. The first-order valence-corrected chi connectivity index (χ1v) is 6.25. The van der Waals surface area contributed by atoms with Crippen LogP contribution in [0, 0.1) is 5.92 Å². The third-order valence-electron chi connectivity index (χ3n) is 3.26. The Morgan fingerprint density at radius 1 is 1.47 bits per heavy atom. The van der Waals surface area contributed by atoms with E-state index in [4.69, 9.17) is 5.73 Å². The van der Waals surface area contributed by atoms with Crippen LogP contribution in [0.25, 0.3) is 0 Å². The molecule has 1 amide bonds. The van der Waals surface area contributed by atoms with Crippen molar-refractivity contribution < 1.29 is 4.79 Å². The molecule has 2 N–H and O–H groups in total. The van der Waals surface area contributed by atoms with E-state index in [1.807, 2.05) is 4.90 Å². The minimum atomic E-state index is 0.335. The second kappa shape index (κ2) is 6.83. The Labute approximate surface area is 93.0 Å². The average Bonchev–Trinajstić information content (AvgIpc) is 2.40. The van der Waals surface area contributed by atoms with Crippen molar-refractivity contribution in [2.75, 3.05) is 19.6 Å². The Morgan fingerprint density at radius 2 is 2.27 bits per heavy atom. The molecule has 0 spiro atoms. The van der Waals surface area contributed by atoms with Gasteiger partial charge >= 0.3 is 0 Å². The van der Waals surface area contributed by atoms with Crippen LogP contribution in [0.2, 0.25) is 0 Å². The summed E-state index contributed by atoms with van der Waals surface area (Å²) < 4.78 is 0. The number of hydrogen-bond acceptors (Lipinski definition) is 2. The van der Waals surface area contributed by atoms with Gasteiger partial charge in [-0.15, -0.1) is 0 Å². The zero-order valence-corrected chi connectivity index (χ0v) is 9.87. The van der Waals surface area contributed by atoms with Gasteiger partial charge in [0, 0.05) is 19.5 Å². The van der Waals surface area contributed by atoms with Gasteiger partial charge in [-0.3, -0.25) is 4.79 Å². The van der Waals surface area contributed by atoms with Crippen LogP contribution < -0.4 is 5.73 Å². The largest absolute Gasteiger partial charge is 0.343 e. The number of hydrogen-bond donors (Lipinski definition) is 1. The molecule has 0 saturated carbocycles. The predicted octanol–water partition coefficient (Wildman–Crippen LogP) is 1.76. The van der Waals surface area contributed by atoms with Gasteiger partial charge in [-0.05, 0) is 31.7 Å². The molecule has 1 atom stereocenters. The standard InChI is InChI=1S/C12H24N2O/c1-2-4-11-5-6-12(15)14(10-7-11)9-3-8-13/h11H,2-10,13H2,1H3. The third kappa shape index (κ3) is 4.20. The van der Waals surface area contributed by atoms with Gasteiger partial charge in [0.25, 0.3) is 0 Å². The first-order chi connectivity index (χ1) is 7.27. The van der Waals surface area contributed by atoms with Gasteiger partial charge in [-0.25, -0.2) is 0 Å². The van der Waals surface area contributed by atoms with Gasteiger partial charge in [-0.2, -0.15) is 0 Å². The molecular formula is C12H24N2O. The van der Waals surface area contributed by atoms with Crippen molar-refractivity contribution in [3.05, 3.63) is 0 Å². The summed E-state index contributed by atoms with van der Waals surface area (Å²) in [6, 6.07) is 0. The maximum absolute atomic E-state index is 11.8. The van der Waals surface area contributed by atoms with E-state index in [-0.39, 0.29) is 0 Å². The zero-order chi connectivity index (χ0) is 11.1. The van der Waals surface area contributed by atoms with Crippen molar-refractivity contribution in [1.82, 2.24) is 4.90 Å². The summed E-state index contributed by atoms with van der Waals surface area (Å²) in [5.41, 5.74) is 5.47. The molecule has 3 nitrogen and oxygen atoms in total. The van der Waals surface area contributed by atoms with Gasteiger partial charge in [0.2, 0.25) is 5.91 Å². The van der Waals surface area contributed by atoms with Crippen molar-refractivity contribution >= 4 is 5.91 Å². The molecule has 0 aliphatic carbocycles. The number of nitrogens with two attached hydrogens (primary N) is 1. The highest BCUT2D eigenvalue weighted by Gasteiger charge is 2.21. The van der Waals surface area contributed by atoms with E-state index >= 15 is 0 Å². The monoisotopic (exact) mass is 212 g/mol. The average molecular weight is 212 g/mol. The van der Waals surface area contributed by atoms with Gasteiger partial charge in [0.1, 0.15) is 0 Å². The molecule has 0 aromatic rings. The number of carbonyl (C=O) groups excluding carboxylic acids is 1. The fourth-order valence-electron chi connectivity index (χ4n) is 2.31. The second-order valence-electron chi connectivity index (χ2n) is 4.51. The van der Waals surface area contributed by atoms with Crippen LogP contribution in [0.1, 0.15) is 45.4 Å². The van der Waals surface area contributed by atoms with Crippen LogP contribution in [0.5, 0.6) is 0 Å². The van der Waals surface area contributed by atoms with Crippen LogP contribution in [-0.4, -0.2) is 30.4 Å². The number of amides is 1. The smallest absolute Gasteiger partial charge is 0.222 e. The van der Waals surface area contributed by atoms with E-state index in [0.29, 0.717) is 12.5 Å². The first-order valence-electron chi connectivity index (χ1n) is 6.25. The van der Waals surface area contributed by atoms with Crippen LogP contribution in [0.15, 0.2) is 0 Å². The Bertz CT molecular complexity index is 194. The minimum Gasteiger partial charge on any atom is -0.343 e. The molecule has 1 fully saturated rings. The van der Waals surface area contributed by atoms with E-state index in [2.05, 4.69) is 6.92 Å². The molecule has 0 aromatic heterocycles. The zero-order valence-electron chi connectivity index (χ0n) is 9.87. The fraction of sp³-hybridized carbons (Fsp3) is 0.917. The normalized spacial score (nSPS) is 22.9. The molecule has 1 heterocycles. The summed E-state index contributed by atoms with van der Waals surface area (Å²) in [5, 5.41) is 0. The molecule has 15 heavy (non-hydrogen) atoms. The molecule has 1 saturated heterocycles. The summed E-state index contributed by atoms with van der Waals surface area (Å²) in [5.74, 6) is 1.10. The van der Waals surface area contributed by atoms with Crippen LogP contribution in [0.3, 0.4) is 0 Å². The topological polar surface area (TPSA) is 46.3 Å². The molecule has 0 bridgehead atoms. The van der Waals surface area contributed by atoms with Crippen LogP contribution in [0.4, 0.5) is 0 Å². The molecular weight excluding hydrogens is 188 g/mol. The molecule has 0 aromatic carbocycles. The van der Waals surface area contributed by atoms with Gasteiger partial charge in [-0.1, -0.05) is 19.8 Å². The highest BCUT2D eigenvalue weighted by atomic mass is 16.2. The van der Waals surface area contributed by atoms with E-state index in [1.54, 1.807) is 0 Å². The molecule has 1 aliphatic heterocycles. The lowest BCUT2D eigenvalue weighted by Crippen LogP contribution is -2.32. The Hall–Kier alpha value is -0.570. The number of likely N-dealkylation sites (tertiary alicyclic amines) is 1. The fourth-order valence-corrected chi connectivity index (χ4v) is 2.31. The Morgan fingerprint density at radius 3 is 2.93 bits per heavy atom. The summed E-state index contributed by atoms with van der Waals surface area (Å²) in [6.45, 7) is 4.71. The highest BCUT2D eigenvalue weighted by molar-refractivity contribution is 5.76. The van der Waals surface area contributed by atoms with Crippen LogP contribution in [-0.2, 0) is 4.79 Å². The van der Waals surface area contributed by atoms with Gasteiger partial charge in [0.05, 0.1) is 0 Å². The van der Waals surface area contributed by atoms with Crippen molar-refractivity contribution in [1.29, 1.82) is 0 Å². The number of carbonyl (C=O) groups is 1. The molecule has 3 heteroatoms. The molecule has 1 rings (SSSR count). The number of nitrogens with zero attached hydrogens (tertiary/aromatic N) is 1. The number of rotatable bonds is 5. The quantitative estimate of drug-likeness (QED) is 0.755. The van der Waals surface area contributed by atoms with Crippen LogP contribution >= 0.6 is 0 Å². The summed E-state index contributed by atoms with van der Waals surface area (Å²) in [6.07, 6.45) is 6.47. The van der Waals surface area contributed by atoms with Gasteiger partial charge < -0.3 is 10.6 Å². The van der Waals surface area contributed by atoms with E-state index < -0.39 is 0 Å². The predicted molar refractivity (Wildman–Crippen MR) is 62.5 cm³/mol. The minimum absolute atomic E-state index is 0.335. The molecule has 88 valence electrons. The lowest BCUT2D eigenvalue weighted by Gasteiger charge is -2.20. The summed E-state index contributed by atoms with van der Waals surface area (Å²) in [7, 11) is 0. The summed E-state index contributed by atoms with van der Waals surface area (Å²) >= 11 is 0. The van der Waals surface area contributed by atoms with E-state index in [9.17, 15) is 4.79 Å². The van der Waals surface area contributed by atoms with Crippen molar-refractivity contribution in [2.24, 2.45) is 11.7 Å². The lowest BCUT2D eigenvalue weighted by molar-refractivity contribution is -0.130. The summed E-state index contributed by atoms with van der Waals surface area (Å²) in [4.78, 5) is 13.8. The molecule has 1 aliphatic rings. The maximum Gasteiger partial charge on any atom is 0.222 e. The molecule has 1 unspecified atom stereocenters. The van der Waals surface area contributed by atoms with Crippen molar-refractivity contribution in [3.63, 3.8) is 0 Å². The van der Waals surface area contributed by atoms with Gasteiger partial charge in [0.15, 0.2) is 0 Å². The Balaban J connectivity index is 2.37. The maximum atomic E-state index is 11.8. The molecule has 0 radical (unpaired) electrons. The highest BCUT2D eigenvalue weighted by Crippen LogP contribution is 2.22. The Kier molecular flexibility index (Phi) is 5.69. The SMILES string of the molecule is CCCC1CCC(=O)N(CCCN)CC1.